The number of rotatable bonds is 4. The van der Waals surface area contributed by atoms with Crippen LogP contribution in [0.4, 0.5) is 4.39 Å². The maximum atomic E-state index is 12.8. The van der Waals surface area contributed by atoms with E-state index in [1.807, 2.05) is 0 Å². The summed E-state index contributed by atoms with van der Waals surface area (Å²) >= 11 is 0. The molecule has 2 aromatic rings. The quantitative estimate of drug-likeness (QED) is 0.777. The van der Waals surface area contributed by atoms with Crippen LogP contribution in [0.25, 0.3) is 0 Å². The Morgan fingerprint density at radius 2 is 2.35 bits per heavy atom. The van der Waals surface area contributed by atoms with E-state index in [-0.39, 0.29) is 12.5 Å². The molecule has 2 rings (SSSR count). The Hall–Kier alpha value is -1.89. The third kappa shape index (κ3) is 2.82. The van der Waals surface area contributed by atoms with E-state index >= 15 is 0 Å². The van der Waals surface area contributed by atoms with Crippen LogP contribution in [0.3, 0.4) is 0 Å². The Bertz CT molecular complexity index is 475. The lowest BCUT2D eigenvalue weighted by molar-refractivity contribution is 0.123. The largest absolute Gasteiger partial charge is 0.391 e. The molecule has 2 aromatic heterocycles. The maximum Gasteiger partial charge on any atom is 0.308 e. The second kappa shape index (κ2) is 4.96. The molecule has 7 heteroatoms. The van der Waals surface area contributed by atoms with Gasteiger partial charge in [0.25, 0.3) is 0 Å². The molecule has 0 aliphatic rings. The highest BCUT2D eigenvalue weighted by Crippen LogP contribution is 2.17. The zero-order valence-corrected chi connectivity index (χ0v) is 9.23. The number of aliphatic hydroxyl groups excluding tert-OH is 1. The van der Waals surface area contributed by atoms with Gasteiger partial charge in [0, 0.05) is 12.1 Å². The zero-order valence-electron chi connectivity index (χ0n) is 9.23. The van der Waals surface area contributed by atoms with Gasteiger partial charge in [-0.25, -0.2) is 15.0 Å². The molecule has 0 aliphatic carbocycles. The van der Waals surface area contributed by atoms with Crippen LogP contribution in [0.5, 0.6) is 0 Å². The van der Waals surface area contributed by atoms with Gasteiger partial charge in [0.2, 0.25) is 0 Å². The van der Waals surface area contributed by atoms with Gasteiger partial charge in [-0.05, 0) is 6.07 Å². The molecule has 0 saturated heterocycles. The Kier molecular flexibility index (Phi) is 3.38. The summed E-state index contributed by atoms with van der Waals surface area (Å²) in [5.41, 5.74) is 0.463. The van der Waals surface area contributed by atoms with E-state index in [4.69, 9.17) is 0 Å². The summed E-state index contributed by atoms with van der Waals surface area (Å²) in [7, 11) is 0. The maximum absolute atomic E-state index is 12.8. The minimum absolute atomic E-state index is 0.285. The number of aromatic nitrogens is 5. The summed E-state index contributed by atoms with van der Waals surface area (Å²) in [6, 6.07) is 1.58. The Balaban J connectivity index is 2.06. The fraction of sp³-hybridized carbons (Fsp3) is 0.400. The molecule has 90 valence electrons. The van der Waals surface area contributed by atoms with Crippen molar-refractivity contribution in [3.8, 4) is 0 Å². The summed E-state index contributed by atoms with van der Waals surface area (Å²) in [5, 5.41) is 13.9. The van der Waals surface area contributed by atoms with Crippen molar-refractivity contribution < 1.29 is 9.50 Å². The summed E-state index contributed by atoms with van der Waals surface area (Å²) < 4.78 is 14.3. The van der Waals surface area contributed by atoms with Crippen LogP contribution < -0.4 is 0 Å². The predicted molar refractivity (Wildman–Crippen MR) is 56.4 cm³/mol. The molecule has 0 radical (unpaired) electrons. The normalized spacial score (nSPS) is 14.5. The van der Waals surface area contributed by atoms with Gasteiger partial charge in [0.15, 0.2) is 0 Å². The summed E-state index contributed by atoms with van der Waals surface area (Å²) in [4.78, 5) is 10.8. The second-order valence-electron chi connectivity index (χ2n) is 3.72. The van der Waals surface area contributed by atoms with Gasteiger partial charge in [-0.2, -0.15) is 9.49 Å². The van der Waals surface area contributed by atoms with Crippen molar-refractivity contribution in [1.29, 1.82) is 0 Å². The molecular formula is C10H12FN5O. The molecule has 0 aliphatic heterocycles. The van der Waals surface area contributed by atoms with Crippen molar-refractivity contribution in [2.45, 2.75) is 25.5 Å². The highest BCUT2D eigenvalue weighted by molar-refractivity contribution is 5.06. The average molecular weight is 237 g/mol. The molecule has 0 spiro atoms. The van der Waals surface area contributed by atoms with Gasteiger partial charge < -0.3 is 5.11 Å². The van der Waals surface area contributed by atoms with Crippen molar-refractivity contribution in [3.05, 3.63) is 36.7 Å². The standard InChI is InChI=1S/C10H12FN5O/c1-7(8-2-3-13-10(11)15-8)9(17)4-16-6-12-5-14-16/h2-3,5-7,9,17H,4H2,1H3. The van der Waals surface area contributed by atoms with Crippen molar-refractivity contribution in [2.24, 2.45) is 0 Å². The van der Waals surface area contributed by atoms with E-state index in [1.54, 1.807) is 13.0 Å². The van der Waals surface area contributed by atoms with Crippen LogP contribution in [0.15, 0.2) is 24.9 Å². The van der Waals surface area contributed by atoms with Gasteiger partial charge in [-0.15, -0.1) is 0 Å². The fourth-order valence-corrected chi connectivity index (χ4v) is 1.48. The third-order valence-electron chi connectivity index (χ3n) is 2.53. The van der Waals surface area contributed by atoms with Crippen molar-refractivity contribution in [1.82, 2.24) is 24.7 Å². The first-order valence-corrected chi connectivity index (χ1v) is 5.15. The van der Waals surface area contributed by atoms with Crippen LogP contribution in [-0.2, 0) is 6.54 Å². The van der Waals surface area contributed by atoms with Crippen LogP contribution in [0.1, 0.15) is 18.5 Å². The van der Waals surface area contributed by atoms with Gasteiger partial charge in [0.1, 0.15) is 12.7 Å². The smallest absolute Gasteiger partial charge is 0.308 e. The molecule has 2 heterocycles. The molecule has 6 nitrogen and oxygen atoms in total. The number of halogens is 1. The number of aliphatic hydroxyl groups is 1. The fourth-order valence-electron chi connectivity index (χ4n) is 1.48. The van der Waals surface area contributed by atoms with Crippen LogP contribution in [-0.4, -0.2) is 35.9 Å². The minimum Gasteiger partial charge on any atom is -0.391 e. The van der Waals surface area contributed by atoms with Crippen LogP contribution in [0.2, 0.25) is 0 Å². The summed E-state index contributed by atoms with van der Waals surface area (Å²) in [6.45, 7) is 2.05. The van der Waals surface area contributed by atoms with E-state index in [1.165, 1.54) is 23.5 Å². The first kappa shape index (κ1) is 11.6. The van der Waals surface area contributed by atoms with Crippen molar-refractivity contribution in [3.63, 3.8) is 0 Å². The highest BCUT2D eigenvalue weighted by Gasteiger charge is 2.19. The van der Waals surface area contributed by atoms with E-state index in [2.05, 4.69) is 20.1 Å². The average Bonchev–Trinajstić information content (AvgIpc) is 2.80. The SMILES string of the molecule is CC(c1ccnc(F)n1)C(O)Cn1cncn1. The zero-order chi connectivity index (χ0) is 12.3. The van der Waals surface area contributed by atoms with Gasteiger partial charge in [-0.3, -0.25) is 4.68 Å². The van der Waals surface area contributed by atoms with Crippen molar-refractivity contribution in [2.75, 3.05) is 0 Å². The van der Waals surface area contributed by atoms with E-state index in [0.717, 1.165) is 0 Å². The van der Waals surface area contributed by atoms with E-state index < -0.39 is 12.2 Å². The lowest BCUT2D eigenvalue weighted by Gasteiger charge is -2.17. The summed E-state index contributed by atoms with van der Waals surface area (Å²) in [5.74, 6) is -0.309. The van der Waals surface area contributed by atoms with Gasteiger partial charge >= 0.3 is 6.08 Å². The van der Waals surface area contributed by atoms with Crippen molar-refractivity contribution >= 4 is 0 Å². The molecule has 0 bridgehead atoms. The predicted octanol–water partition coefficient (Wildman–Crippen LogP) is 0.372. The first-order valence-electron chi connectivity index (χ1n) is 5.15. The Morgan fingerprint density at radius 3 is 3.00 bits per heavy atom. The van der Waals surface area contributed by atoms with Crippen LogP contribution in [0, 0.1) is 6.08 Å². The molecule has 0 saturated carbocycles. The van der Waals surface area contributed by atoms with Gasteiger partial charge in [-0.1, -0.05) is 6.92 Å². The number of hydrogen-bond donors (Lipinski definition) is 1. The monoisotopic (exact) mass is 237 g/mol. The molecule has 0 amide bonds. The van der Waals surface area contributed by atoms with E-state index in [0.29, 0.717) is 5.69 Å². The third-order valence-corrected chi connectivity index (χ3v) is 2.53. The summed E-state index contributed by atoms with van der Waals surface area (Å²) in [6.07, 6.45) is 2.72. The van der Waals surface area contributed by atoms with E-state index in [9.17, 15) is 9.50 Å². The Labute approximate surface area is 97.2 Å². The van der Waals surface area contributed by atoms with Gasteiger partial charge in [0.05, 0.1) is 18.3 Å². The molecule has 0 aromatic carbocycles. The molecule has 2 unspecified atom stereocenters. The highest BCUT2D eigenvalue weighted by atomic mass is 19.1. The molecule has 2 atom stereocenters. The number of hydrogen-bond acceptors (Lipinski definition) is 5. The molecular weight excluding hydrogens is 225 g/mol. The second-order valence-corrected chi connectivity index (χ2v) is 3.72. The molecule has 1 N–H and O–H groups in total. The lowest BCUT2D eigenvalue weighted by atomic mass is 10.0. The molecule has 17 heavy (non-hydrogen) atoms. The Morgan fingerprint density at radius 1 is 1.53 bits per heavy atom. The number of nitrogens with zero attached hydrogens (tertiary/aromatic N) is 5. The van der Waals surface area contributed by atoms with Crippen LogP contribution >= 0.6 is 0 Å². The first-order chi connectivity index (χ1) is 8.16. The molecule has 0 fully saturated rings. The topological polar surface area (TPSA) is 76.7 Å². The lowest BCUT2D eigenvalue weighted by Crippen LogP contribution is -2.23. The minimum atomic E-state index is -0.790.